The van der Waals surface area contributed by atoms with Crippen molar-refractivity contribution in [3.8, 4) is 11.3 Å². The number of benzene rings is 1. The maximum absolute atomic E-state index is 4.87. The second-order valence-corrected chi connectivity index (χ2v) is 2.94. The predicted molar refractivity (Wildman–Crippen MR) is 52.7 cm³/mol. The molecule has 0 aliphatic heterocycles. The van der Waals surface area contributed by atoms with Gasteiger partial charge in [0.2, 0.25) is 4.77 Å². The Hall–Kier alpha value is -1.55. The second-order valence-electron chi connectivity index (χ2n) is 2.55. The van der Waals surface area contributed by atoms with Crippen LogP contribution in [0.3, 0.4) is 0 Å². The van der Waals surface area contributed by atoms with Crippen molar-refractivity contribution < 1.29 is 0 Å². The fourth-order valence-electron chi connectivity index (χ4n) is 1.08. The van der Waals surface area contributed by atoms with Crippen LogP contribution in [0, 0.1) is 4.77 Å². The molecule has 3 nitrogen and oxygen atoms in total. The van der Waals surface area contributed by atoms with Gasteiger partial charge in [-0.15, -0.1) is 5.10 Å². The maximum atomic E-state index is 4.87. The Kier molecular flexibility index (Phi) is 2.14. The van der Waals surface area contributed by atoms with Crippen LogP contribution in [0.2, 0.25) is 0 Å². The van der Waals surface area contributed by atoms with Crippen molar-refractivity contribution in [1.82, 2.24) is 15.2 Å². The molecule has 1 aromatic carbocycles. The number of aromatic amines is 1. The van der Waals surface area contributed by atoms with E-state index in [0.29, 0.717) is 4.77 Å². The zero-order valence-electron chi connectivity index (χ0n) is 6.77. The summed E-state index contributed by atoms with van der Waals surface area (Å²) in [6, 6.07) is 9.87. The molecule has 0 saturated carbocycles. The summed E-state index contributed by atoms with van der Waals surface area (Å²) in [6.07, 6.45) is 1.66. The summed E-state index contributed by atoms with van der Waals surface area (Å²) >= 11 is 4.87. The summed E-state index contributed by atoms with van der Waals surface area (Å²) in [5.74, 6) is 0. The van der Waals surface area contributed by atoms with Gasteiger partial charge >= 0.3 is 0 Å². The van der Waals surface area contributed by atoms with Gasteiger partial charge in [-0.1, -0.05) is 30.3 Å². The van der Waals surface area contributed by atoms with Crippen molar-refractivity contribution in [3.05, 3.63) is 41.3 Å². The molecule has 0 spiro atoms. The average Bonchev–Trinajstić information content (AvgIpc) is 2.19. The van der Waals surface area contributed by atoms with E-state index < -0.39 is 0 Å². The van der Waals surface area contributed by atoms with E-state index in [1.54, 1.807) is 6.20 Å². The quantitative estimate of drug-likeness (QED) is 0.699. The molecule has 64 valence electrons. The van der Waals surface area contributed by atoms with Crippen LogP contribution in [0.1, 0.15) is 0 Å². The predicted octanol–water partition coefficient (Wildman–Crippen LogP) is 2.20. The number of hydrogen-bond acceptors (Lipinski definition) is 3. The van der Waals surface area contributed by atoms with Crippen molar-refractivity contribution in [2.45, 2.75) is 0 Å². The Labute approximate surface area is 80.5 Å². The van der Waals surface area contributed by atoms with Crippen LogP contribution in [0.4, 0.5) is 0 Å². The van der Waals surface area contributed by atoms with Gasteiger partial charge in [-0.3, -0.25) is 0 Å². The lowest BCUT2D eigenvalue weighted by Crippen LogP contribution is -1.89. The lowest BCUT2D eigenvalue weighted by molar-refractivity contribution is 0.953. The number of nitrogens with zero attached hydrogens (tertiary/aromatic N) is 2. The topological polar surface area (TPSA) is 41.6 Å². The molecular weight excluding hydrogens is 182 g/mol. The molecule has 0 aliphatic carbocycles. The summed E-state index contributed by atoms with van der Waals surface area (Å²) in [4.78, 5) is 2.96. The minimum atomic E-state index is 0.404. The molecule has 0 fully saturated rings. The zero-order valence-corrected chi connectivity index (χ0v) is 7.58. The zero-order chi connectivity index (χ0) is 9.10. The summed E-state index contributed by atoms with van der Waals surface area (Å²) in [5, 5.41) is 7.45. The fraction of sp³-hybridized carbons (Fsp3) is 0. The first kappa shape index (κ1) is 8.07. The van der Waals surface area contributed by atoms with Gasteiger partial charge in [-0.2, -0.15) is 5.10 Å². The summed E-state index contributed by atoms with van der Waals surface area (Å²) in [7, 11) is 0. The first-order valence-electron chi connectivity index (χ1n) is 3.84. The molecule has 0 saturated heterocycles. The van der Waals surface area contributed by atoms with Crippen molar-refractivity contribution in [2.24, 2.45) is 0 Å². The highest BCUT2D eigenvalue weighted by molar-refractivity contribution is 7.71. The van der Waals surface area contributed by atoms with Crippen LogP contribution in [0.25, 0.3) is 11.3 Å². The highest BCUT2D eigenvalue weighted by Gasteiger charge is 1.95. The van der Waals surface area contributed by atoms with Crippen molar-refractivity contribution in [1.29, 1.82) is 0 Å². The van der Waals surface area contributed by atoms with E-state index in [-0.39, 0.29) is 0 Å². The van der Waals surface area contributed by atoms with E-state index in [1.165, 1.54) is 0 Å². The largest absolute Gasteiger partial charge is 0.328 e. The molecule has 1 N–H and O–H groups in total. The highest BCUT2D eigenvalue weighted by atomic mass is 32.1. The Balaban J connectivity index is 2.54. The molecule has 0 aliphatic rings. The van der Waals surface area contributed by atoms with Crippen LogP contribution < -0.4 is 0 Å². The number of nitrogens with one attached hydrogen (secondary N) is 1. The van der Waals surface area contributed by atoms with E-state index in [1.807, 2.05) is 30.3 Å². The highest BCUT2D eigenvalue weighted by Crippen LogP contribution is 2.13. The van der Waals surface area contributed by atoms with Crippen molar-refractivity contribution in [3.63, 3.8) is 0 Å². The van der Waals surface area contributed by atoms with Crippen molar-refractivity contribution >= 4 is 12.2 Å². The third kappa shape index (κ3) is 1.78. The van der Waals surface area contributed by atoms with Crippen LogP contribution in [-0.4, -0.2) is 15.2 Å². The van der Waals surface area contributed by atoms with Crippen LogP contribution in [-0.2, 0) is 0 Å². The number of aromatic nitrogens is 3. The van der Waals surface area contributed by atoms with Gasteiger partial charge in [0.1, 0.15) is 0 Å². The number of rotatable bonds is 1. The second kappa shape index (κ2) is 3.45. The number of H-pyrrole nitrogens is 1. The normalized spacial score (nSPS) is 9.85. The smallest absolute Gasteiger partial charge is 0.218 e. The first-order valence-corrected chi connectivity index (χ1v) is 4.24. The van der Waals surface area contributed by atoms with Gasteiger partial charge in [-0.05, 0) is 17.8 Å². The Morgan fingerprint density at radius 2 is 1.92 bits per heavy atom. The molecule has 1 aromatic heterocycles. The first-order chi connectivity index (χ1) is 6.36. The minimum Gasteiger partial charge on any atom is -0.328 e. The SMILES string of the molecule is S=c1nncc(-c2ccccc2)[nH]1. The van der Waals surface area contributed by atoms with Gasteiger partial charge in [0.15, 0.2) is 0 Å². The fourth-order valence-corrected chi connectivity index (χ4v) is 1.23. The van der Waals surface area contributed by atoms with Crippen LogP contribution in [0.5, 0.6) is 0 Å². The van der Waals surface area contributed by atoms with Crippen LogP contribution >= 0.6 is 12.2 Å². The third-order valence-electron chi connectivity index (χ3n) is 1.66. The molecule has 2 rings (SSSR count). The van der Waals surface area contributed by atoms with E-state index >= 15 is 0 Å². The van der Waals surface area contributed by atoms with Gasteiger partial charge in [0.05, 0.1) is 11.9 Å². The molecule has 0 radical (unpaired) electrons. The minimum absolute atomic E-state index is 0.404. The average molecular weight is 189 g/mol. The summed E-state index contributed by atoms with van der Waals surface area (Å²) in [6.45, 7) is 0. The molecule has 13 heavy (non-hydrogen) atoms. The Morgan fingerprint density at radius 3 is 2.62 bits per heavy atom. The molecule has 0 bridgehead atoms. The maximum Gasteiger partial charge on any atom is 0.218 e. The number of hydrogen-bond donors (Lipinski definition) is 1. The summed E-state index contributed by atoms with van der Waals surface area (Å²) < 4.78 is 0.404. The van der Waals surface area contributed by atoms with Gasteiger partial charge in [0.25, 0.3) is 0 Å². The van der Waals surface area contributed by atoms with Gasteiger partial charge in [0, 0.05) is 0 Å². The Morgan fingerprint density at radius 1 is 1.15 bits per heavy atom. The van der Waals surface area contributed by atoms with Gasteiger partial charge < -0.3 is 4.98 Å². The van der Waals surface area contributed by atoms with Gasteiger partial charge in [-0.25, -0.2) is 0 Å². The molecule has 2 aromatic rings. The molecule has 0 atom stereocenters. The van der Waals surface area contributed by atoms with E-state index in [4.69, 9.17) is 12.2 Å². The molecule has 0 amide bonds. The van der Waals surface area contributed by atoms with Crippen molar-refractivity contribution in [2.75, 3.05) is 0 Å². The molecular formula is C9H7N3S. The lowest BCUT2D eigenvalue weighted by Gasteiger charge is -1.98. The monoisotopic (exact) mass is 189 g/mol. The van der Waals surface area contributed by atoms with E-state index in [0.717, 1.165) is 11.3 Å². The molecule has 1 heterocycles. The lowest BCUT2D eigenvalue weighted by atomic mass is 10.2. The standard InChI is InChI=1S/C9H7N3S/c13-9-11-8(6-10-12-9)7-4-2-1-3-5-7/h1-6H,(H,11,12,13). The molecule has 0 unspecified atom stereocenters. The van der Waals surface area contributed by atoms with E-state index in [2.05, 4.69) is 15.2 Å². The van der Waals surface area contributed by atoms with E-state index in [9.17, 15) is 0 Å². The molecule has 4 heteroatoms. The van der Waals surface area contributed by atoms with Crippen LogP contribution in [0.15, 0.2) is 36.5 Å². The Bertz CT molecular complexity index is 450. The third-order valence-corrected chi connectivity index (χ3v) is 1.85. The summed E-state index contributed by atoms with van der Waals surface area (Å²) in [5.41, 5.74) is 1.95.